The predicted octanol–water partition coefficient (Wildman–Crippen LogP) is 4.55. The van der Waals surface area contributed by atoms with Crippen LogP contribution in [0.25, 0.3) is 10.8 Å². The molecule has 0 aliphatic heterocycles. The molecule has 4 rings (SSSR count). The summed E-state index contributed by atoms with van der Waals surface area (Å²) in [5, 5.41) is 10.9. The average molecular weight is 379 g/mol. The normalized spacial score (nSPS) is 10.1. The Kier molecular flexibility index (Phi) is 6.18. The van der Waals surface area contributed by atoms with Gasteiger partial charge in [0.25, 0.3) is 0 Å². The molecule has 0 saturated heterocycles. The molecule has 2 aromatic carbocycles. The Balaban J connectivity index is 0.000000197. The van der Waals surface area contributed by atoms with Crippen molar-refractivity contribution in [3.05, 3.63) is 89.3 Å². The van der Waals surface area contributed by atoms with E-state index < -0.39 is 0 Å². The van der Waals surface area contributed by atoms with E-state index in [0.717, 1.165) is 34.2 Å². The third kappa shape index (κ3) is 4.71. The van der Waals surface area contributed by atoms with Gasteiger partial charge in [-0.25, -0.2) is 0 Å². The number of hydrogen-bond donors (Lipinski definition) is 1. The van der Waals surface area contributed by atoms with Gasteiger partial charge in [0.2, 0.25) is 0 Å². The number of nitrogen functional groups attached to an aromatic ring is 1. The summed E-state index contributed by atoms with van der Waals surface area (Å²) in [6.45, 7) is 0. The van der Waals surface area contributed by atoms with Crippen molar-refractivity contribution in [2.75, 3.05) is 12.8 Å². The quantitative estimate of drug-likeness (QED) is 0.566. The number of nitrogens with two attached hydrogens (primary N) is 1. The minimum atomic E-state index is 0.476. The number of rotatable bonds is 3. The summed E-state index contributed by atoms with van der Waals surface area (Å²) in [7, 11) is 1.60. The summed E-state index contributed by atoms with van der Waals surface area (Å²) in [5.74, 6) is 1.20. The van der Waals surface area contributed by atoms with E-state index in [-0.39, 0.29) is 0 Å². The lowest BCUT2D eigenvalue weighted by molar-refractivity contribution is 0.415. The number of para-hydroxylation sites is 1. The van der Waals surface area contributed by atoms with E-state index >= 15 is 0 Å². The zero-order valence-electron chi connectivity index (χ0n) is 14.8. The Hall–Kier alpha value is -3.18. The summed E-state index contributed by atoms with van der Waals surface area (Å²) >= 11 is 5.70. The number of aromatic nitrogens is 3. The summed E-state index contributed by atoms with van der Waals surface area (Å²) in [6, 6.07) is 19.3. The molecule has 0 radical (unpaired) electrons. The van der Waals surface area contributed by atoms with Crippen molar-refractivity contribution in [1.82, 2.24) is 15.2 Å². The Morgan fingerprint density at radius 3 is 2.22 bits per heavy atom. The van der Waals surface area contributed by atoms with E-state index in [1.807, 2.05) is 54.6 Å². The summed E-state index contributed by atoms with van der Waals surface area (Å²) < 4.78 is 4.91. The van der Waals surface area contributed by atoms with Gasteiger partial charge in [0.15, 0.2) is 5.82 Å². The van der Waals surface area contributed by atoms with E-state index in [0.29, 0.717) is 10.8 Å². The van der Waals surface area contributed by atoms with Crippen LogP contribution in [0.3, 0.4) is 0 Å². The number of benzene rings is 2. The number of ether oxygens (including phenoxy) is 1. The lowest BCUT2D eigenvalue weighted by Gasteiger charge is -2.06. The second kappa shape index (κ2) is 8.96. The molecule has 4 aromatic rings. The van der Waals surface area contributed by atoms with E-state index in [1.54, 1.807) is 25.6 Å². The van der Waals surface area contributed by atoms with Gasteiger partial charge in [-0.15, -0.1) is 5.10 Å². The Labute approximate surface area is 162 Å². The highest BCUT2D eigenvalue weighted by atomic mass is 35.5. The zero-order valence-corrected chi connectivity index (χ0v) is 15.6. The van der Waals surface area contributed by atoms with E-state index in [1.165, 1.54) is 0 Å². The number of methoxy groups -OCH3 is 1. The zero-order chi connectivity index (χ0) is 19.1. The summed E-state index contributed by atoms with van der Waals surface area (Å²) in [6.07, 6.45) is 4.29. The predicted molar refractivity (Wildman–Crippen MR) is 109 cm³/mol. The largest absolute Gasteiger partial charge is 0.495 e. The molecule has 2 N–H and O–H groups in total. The first-order valence-electron chi connectivity index (χ1n) is 8.36. The topological polar surface area (TPSA) is 73.9 Å². The van der Waals surface area contributed by atoms with E-state index in [2.05, 4.69) is 15.2 Å². The maximum atomic E-state index is 5.83. The van der Waals surface area contributed by atoms with Crippen LogP contribution in [0, 0.1) is 0 Å². The van der Waals surface area contributed by atoms with Crippen LogP contribution >= 0.6 is 11.6 Å². The first kappa shape index (κ1) is 18.6. The first-order valence-corrected chi connectivity index (χ1v) is 8.74. The number of halogens is 1. The van der Waals surface area contributed by atoms with Crippen LogP contribution in [0.2, 0.25) is 5.02 Å². The van der Waals surface area contributed by atoms with Crippen LogP contribution in [0.1, 0.15) is 11.3 Å². The molecule has 27 heavy (non-hydrogen) atoms. The van der Waals surface area contributed by atoms with Crippen LogP contribution in [-0.2, 0) is 6.42 Å². The number of pyridine rings is 1. The van der Waals surface area contributed by atoms with Crippen molar-refractivity contribution in [3.63, 3.8) is 0 Å². The molecular formula is C21H19ClN4O. The third-order valence-electron chi connectivity index (χ3n) is 3.97. The molecule has 0 atom stereocenters. The van der Waals surface area contributed by atoms with Crippen molar-refractivity contribution in [3.8, 4) is 5.75 Å². The average Bonchev–Trinajstić information content (AvgIpc) is 2.72. The van der Waals surface area contributed by atoms with Gasteiger partial charge in [-0.2, -0.15) is 5.10 Å². The van der Waals surface area contributed by atoms with Crippen molar-refractivity contribution >= 4 is 28.2 Å². The molecule has 6 heteroatoms. The number of hydrogen-bond acceptors (Lipinski definition) is 5. The molecule has 0 amide bonds. The van der Waals surface area contributed by atoms with Gasteiger partial charge in [0.1, 0.15) is 5.75 Å². The molecule has 0 aliphatic carbocycles. The maximum Gasteiger partial charge on any atom is 0.153 e. The van der Waals surface area contributed by atoms with Crippen molar-refractivity contribution in [1.29, 1.82) is 0 Å². The SMILES string of the molecule is COc1ccccc1Cl.Nc1nnc(Cc2ccncc2)c2ccccc12. The van der Waals surface area contributed by atoms with Crippen molar-refractivity contribution < 1.29 is 4.74 Å². The van der Waals surface area contributed by atoms with E-state index in [4.69, 9.17) is 22.1 Å². The fourth-order valence-corrected chi connectivity index (χ4v) is 2.83. The molecule has 136 valence electrons. The van der Waals surface area contributed by atoms with Crippen molar-refractivity contribution in [2.45, 2.75) is 6.42 Å². The number of fused-ring (bicyclic) bond motifs is 1. The van der Waals surface area contributed by atoms with Crippen LogP contribution in [0.5, 0.6) is 5.75 Å². The van der Waals surface area contributed by atoms with Gasteiger partial charge >= 0.3 is 0 Å². The molecule has 0 fully saturated rings. The molecule has 0 bridgehead atoms. The number of nitrogens with zero attached hydrogens (tertiary/aromatic N) is 3. The monoisotopic (exact) mass is 378 g/mol. The van der Waals surface area contributed by atoms with Gasteiger partial charge in [-0.05, 0) is 29.8 Å². The van der Waals surface area contributed by atoms with E-state index in [9.17, 15) is 0 Å². The van der Waals surface area contributed by atoms with Gasteiger partial charge in [-0.1, -0.05) is 48.0 Å². The fourth-order valence-electron chi connectivity index (χ4n) is 2.61. The smallest absolute Gasteiger partial charge is 0.153 e. The molecule has 0 unspecified atom stereocenters. The highest BCUT2D eigenvalue weighted by Crippen LogP contribution is 2.23. The first-order chi connectivity index (χ1) is 13.2. The Morgan fingerprint density at radius 2 is 1.56 bits per heavy atom. The Morgan fingerprint density at radius 1 is 0.889 bits per heavy atom. The van der Waals surface area contributed by atoms with Crippen molar-refractivity contribution in [2.24, 2.45) is 0 Å². The molecule has 5 nitrogen and oxygen atoms in total. The van der Waals surface area contributed by atoms with Crippen LogP contribution in [0.15, 0.2) is 73.1 Å². The van der Waals surface area contributed by atoms with Crippen LogP contribution < -0.4 is 10.5 Å². The minimum Gasteiger partial charge on any atom is -0.495 e. The molecular weight excluding hydrogens is 360 g/mol. The highest BCUT2D eigenvalue weighted by molar-refractivity contribution is 6.32. The standard InChI is InChI=1S/C14H12N4.C7H7ClO/c15-14-12-4-2-1-3-11(12)13(17-18-14)9-10-5-7-16-8-6-10;1-9-7-5-3-2-4-6(7)8/h1-8H,9H2,(H2,15,18);2-5H,1H3. The molecule has 2 aromatic heterocycles. The Bertz CT molecular complexity index is 1020. The fraction of sp³-hybridized carbons (Fsp3) is 0.0952. The highest BCUT2D eigenvalue weighted by Gasteiger charge is 2.07. The lowest BCUT2D eigenvalue weighted by Crippen LogP contribution is -2.01. The molecule has 2 heterocycles. The van der Waals surface area contributed by atoms with Crippen LogP contribution in [0.4, 0.5) is 5.82 Å². The second-order valence-corrected chi connectivity index (χ2v) is 6.15. The number of anilines is 1. The minimum absolute atomic E-state index is 0.476. The maximum absolute atomic E-state index is 5.83. The summed E-state index contributed by atoms with van der Waals surface area (Å²) in [5.41, 5.74) is 7.93. The van der Waals surface area contributed by atoms with Gasteiger partial charge in [-0.3, -0.25) is 4.98 Å². The lowest BCUT2D eigenvalue weighted by atomic mass is 10.1. The van der Waals surface area contributed by atoms with Gasteiger partial charge < -0.3 is 10.5 Å². The third-order valence-corrected chi connectivity index (χ3v) is 4.28. The molecule has 0 saturated carbocycles. The van der Waals surface area contributed by atoms with Crippen LogP contribution in [-0.4, -0.2) is 22.3 Å². The summed E-state index contributed by atoms with van der Waals surface area (Å²) in [4.78, 5) is 4.01. The van der Waals surface area contributed by atoms with Gasteiger partial charge in [0.05, 0.1) is 17.8 Å². The second-order valence-electron chi connectivity index (χ2n) is 5.74. The molecule has 0 spiro atoms. The molecule has 0 aliphatic rings. The van der Waals surface area contributed by atoms with Gasteiger partial charge in [0, 0.05) is 29.6 Å².